The van der Waals surface area contributed by atoms with Gasteiger partial charge in [-0.05, 0) is 30.5 Å². The van der Waals surface area contributed by atoms with Gasteiger partial charge in [-0.2, -0.15) is 0 Å². The molecule has 1 saturated carbocycles. The minimum absolute atomic E-state index is 0.162. The highest BCUT2D eigenvalue weighted by molar-refractivity contribution is 5.76. The molecule has 1 aliphatic carbocycles. The zero-order valence-corrected chi connectivity index (χ0v) is 9.70. The molecule has 17 heavy (non-hydrogen) atoms. The molecule has 4 heteroatoms. The highest BCUT2D eigenvalue weighted by atomic mass is 16.2. The Kier molecular flexibility index (Phi) is 3.04. The monoisotopic (exact) mass is 231 g/mol. The number of amides is 2. The Hall–Kier alpha value is -1.97. The van der Waals surface area contributed by atoms with Crippen LogP contribution in [0, 0.1) is 0 Å². The number of urea groups is 1. The van der Waals surface area contributed by atoms with Gasteiger partial charge in [0.2, 0.25) is 0 Å². The fourth-order valence-electron chi connectivity index (χ4n) is 1.87. The second kappa shape index (κ2) is 4.49. The maximum absolute atomic E-state index is 11.6. The molecule has 0 bridgehead atoms. The van der Waals surface area contributed by atoms with Crippen LogP contribution in [0.1, 0.15) is 18.4 Å². The van der Waals surface area contributed by atoms with Crippen LogP contribution < -0.4 is 16.4 Å². The molecule has 90 valence electrons. The van der Waals surface area contributed by atoms with E-state index in [2.05, 4.69) is 17.2 Å². The summed E-state index contributed by atoms with van der Waals surface area (Å²) in [7, 11) is 0. The fourth-order valence-corrected chi connectivity index (χ4v) is 1.87. The van der Waals surface area contributed by atoms with E-state index < -0.39 is 0 Å². The van der Waals surface area contributed by atoms with E-state index in [1.165, 1.54) is 0 Å². The minimum atomic E-state index is -0.222. The zero-order chi connectivity index (χ0) is 12.3. The third kappa shape index (κ3) is 2.58. The smallest absolute Gasteiger partial charge is 0.315 e. The largest absolute Gasteiger partial charge is 0.399 e. The van der Waals surface area contributed by atoms with Crippen molar-refractivity contribution in [1.82, 2.24) is 10.6 Å². The lowest BCUT2D eigenvalue weighted by Gasteiger charge is -2.18. The van der Waals surface area contributed by atoms with Gasteiger partial charge in [0, 0.05) is 12.2 Å². The van der Waals surface area contributed by atoms with Gasteiger partial charge in [-0.25, -0.2) is 4.79 Å². The summed E-state index contributed by atoms with van der Waals surface area (Å²) in [5.74, 6) is 0. The van der Waals surface area contributed by atoms with Crippen molar-refractivity contribution in [2.24, 2.45) is 0 Å². The van der Waals surface area contributed by atoms with Crippen LogP contribution >= 0.6 is 0 Å². The number of hydrogen-bond acceptors (Lipinski definition) is 2. The number of nitrogens with two attached hydrogens (primary N) is 1. The van der Waals surface area contributed by atoms with Crippen molar-refractivity contribution >= 4 is 11.7 Å². The van der Waals surface area contributed by atoms with Crippen molar-refractivity contribution < 1.29 is 4.79 Å². The molecule has 0 aliphatic heterocycles. The first-order chi connectivity index (χ1) is 8.16. The number of benzene rings is 1. The van der Waals surface area contributed by atoms with Crippen LogP contribution in [0.15, 0.2) is 36.9 Å². The number of carbonyl (C=O) groups is 1. The van der Waals surface area contributed by atoms with Crippen LogP contribution in [0.25, 0.3) is 0 Å². The van der Waals surface area contributed by atoms with Crippen LogP contribution in [0.4, 0.5) is 10.5 Å². The Bertz CT molecular complexity index is 438. The number of nitrogen functional groups attached to an aromatic ring is 1. The van der Waals surface area contributed by atoms with Crippen molar-refractivity contribution in [3.05, 3.63) is 42.5 Å². The molecule has 4 N–H and O–H groups in total. The maximum Gasteiger partial charge on any atom is 0.315 e. The van der Waals surface area contributed by atoms with Crippen molar-refractivity contribution in [1.29, 1.82) is 0 Å². The second-order valence-electron chi connectivity index (χ2n) is 4.33. The van der Waals surface area contributed by atoms with Gasteiger partial charge in [0.15, 0.2) is 0 Å². The van der Waals surface area contributed by atoms with Crippen LogP contribution in [0.3, 0.4) is 0 Å². The molecule has 0 spiro atoms. The first kappa shape index (κ1) is 11.5. The molecule has 0 saturated heterocycles. The lowest BCUT2D eigenvalue weighted by atomic mass is 10.0. The quantitative estimate of drug-likeness (QED) is 0.546. The van der Waals surface area contributed by atoms with Crippen LogP contribution in [0.5, 0.6) is 0 Å². The van der Waals surface area contributed by atoms with E-state index in [1.54, 1.807) is 6.08 Å². The molecule has 4 nitrogen and oxygen atoms in total. The summed E-state index contributed by atoms with van der Waals surface area (Å²) < 4.78 is 0. The molecule has 2 amide bonds. The Balaban J connectivity index is 2.04. The molecular weight excluding hydrogens is 214 g/mol. The lowest BCUT2D eigenvalue weighted by molar-refractivity contribution is 0.237. The van der Waals surface area contributed by atoms with E-state index in [4.69, 9.17) is 5.73 Å². The third-order valence-electron chi connectivity index (χ3n) is 2.95. The molecule has 0 unspecified atom stereocenters. The van der Waals surface area contributed by atoms with E-state index in [-0.39, 0.29) is 11.6 Å². The van der Waals surface area contributed by atoms with Gasteiger partial charge < -0.3 is 16.4 Å². The lowest BCUT2D eigenvalue weighted by Crippen LogP contribution is -2.42. The van der Waals surface area contributed by atoms with E-state index in [1.807, 2.05) is 24.3 Å². The van der Waals surface area contributed by atoms with Crippen LogP contribution in [-0.2, 0) is 5.54 Å². The van der Waals surface area contributed by atoms with E-state index in [0.29, 0.717) is 6.54 Å². The molecular formula is C13H17N3O. The van der Waals surface area contributed by atoms with Crippen molar-refractivity contribution in [3.63, 3.8) is 0 Å². The van der Waals surface area contributed by atoms with Gasteiger partial charge in [0.05, 0.1) is 5.54 Å². The summed E-state index contributed by atoms with van der Waals surface area (Å²) in [6.45, 7) is 4.03. The van der Waals surface area contributed by atoms with Gasteiger partial charge in [0.1, 0.15) is 0 Å². The summed E-state index contributed by atoms with van der Waals surface area (Å²) in [5, 5.41) is 5.71. The van der Waals surface area contributed by atoms with Crippen molar-refractivity contribution in [2.45, 2.75) is 18.4 Å². The van der Waals surface area contributed by atoms with Gasteiger partial charge in [-0.3, -0.25) is 0 Å². The Morgan fingerprint density at radius 1 is 1.53 bits per heavy atom. The number of hydrogen-bond donors (Lipinski definition) is 3. The fraction of sp³-hybridized carbons (Fsp3) is 0.308. The minimum Gasteiger partial charge on any atom is -0.399 e. The molecule has 1 aromatic rings. The van der Waals surface area contributed by atoms with Gasteiger partial charge in [-0.1, -0.05) is 18.2 Å². The van der Waals surface area contributed by atoms with E-state index in [0.717, 1.165) is 24.1 Å². The molecule has 1 aromatic carbocycles. The first-order valence-corrected chi connectivity index (χ1v) is 5.69. The number of anilines is 1. The molecule has 0 radical (unpaired) electrons. The summed E-state index contributed by atoms with van der Waals surface area (Å²) >= 11 is 0. The zero-order valence-electron chi connectivity index (χ0n) is 9.70. The van der Waals surface area contributed by atoms with Crippen LogP contribution in [-0.4, -0.2) is 12.6 Å². The number of nitrogens with one attached hydrogen (secondary N) is 2. The van der Waals surface area contributed by atoms with Crippen LogP contribution in [0.2, 0.25) is 0 Å². The second-order valence-corrected chi connectivity index (χ2v) is 4.33. The number of carbonyl (C=O) groups excluding carboxylic acids is 1. The van der Waals surface area contributed by atoms with Gasteiger partial charge in [0.25, 0.3) is 0 Å². The van der Waals surface area contributed by atoms with Crippen molar-refractivity contribution in [3.8, 4) is 0 Å². The molecule has 1 fully saturated rings. The number of rotatable bonds is 4. The van der Waals surface area contributed by atoms with Gasteiger partial charge >= 0.3 is 6.03 Å². The summed E-state index contributed by atoms with van der Waals surface area (Å²) in [4.78, 5) is 11.6. The standard InChI is InChI=1S/C13H17N3O/c1-2-8-15-12(17)16-13(6-7-13)10-4-3-5-11(14)9-10/h2-5,9H,1,6-8,14H2,(H2,15,16,17). The summed E-state index contributed by atoms with van der Waals surface area (Å²) in [5.41, 5.74) is 7.33. The highest BCUT2D eigenvalue weighted by Gasteiger charge is 2.45. The Morgan fingerprint density at radius 2 is 2.29 bits per heavy atom. The SMILES string of the molecule is C=CCNC(=O)NC1(c2cccc(N)c2)CC1. The predicted molar refractivity (Wildman–Crippen MR) is 68.5 cm³/mol. The molecule has 2 rings (SSSR count). The highest BCUT2D eigenvalue weighted by Crippen LogP contribution is 2.45. The Morgan fingerprint density at radius 3 is 2.88 bits per heavy atom. The average molecular weight is 231 g/mol. The normalized spacial score (nSPS) is 16.0. The summed E-state index contributed by atoms with van der Waals surface area (Å²) in [6.07, 6.45) is 3.57. The Labute approximate surface area is 101 Å². The predicted octanol–water partition coefficient (Wildman–Crippen LogP) is 1.74. The first-order valence-electron chi connectivity index (χ1n) is 5.69. The van der Waals surface area contributed by atoms with E-state index in [9.17, 15) is 4.79 Å². The van der Waals surface area contributed by atoms with Gasteiger partial charge in [-0.15, -0.1) is 6.58 Å². The van der Waals surface area contributed by atoms with E-state index >= 15 is 0 Å². The molecule has 0 aromatic heterocycles. The molecule has 0 heterocycles. The van der Waals surface area contributed by atoms with Crippen molar-refractivity contribution in [2.75, 3.05) is 12.3 Å². The average Bonchev–Trinajstić information content (AvgIpc) is 3.07. The molecule has 0 atom stereocenters. The summed E-state index contributed by atoms with van der Waals surface area (Å²) in [6, 6.07) is 7.51. The molecule has 1 aliphatic rings. The third-order valence-corrected chi connectivity index (χ3v) is 2.95. The maximum atomic E-state index is 11.6. The topological polar surface area (TPSA) is 67.2 Å².